The number of aromatic amines is 1. The number of nitrogens with one attached hydrogen (secondary N) is 2. The summed E-state index contributed by atoms with van der Waals surface area (Å²) in [4.78, 5) is 0. The molecule has 8 heteroatoms. The van der Waals surface area contributed by atoms with Crippen LogP contribution in [0.4, 0.5) is 4.39 Å². The van der Waals surface area contributed by atoms with Gasteiger partial charge in [0, 0.05) is 40.1 Å². The van der Waals surface area contributed by atoms with Crippen molar-refractivity contribution in [1.82, 2.24) is 14.9 Å². The van der Waals surface area contributed by atoms with Gasteiger partial charge in [-0.2, -0.15) is 16.9 Å². The summed E-state index contributed by atoms with van der Waals surface area (Å²) in [5.74, 6) is 2.10. The molecular weight excluding hydrogens is 433 g/mol. The van der Waals surface area contributed by atoms with Crippen molar-refractivity contribution in [3.63, 3.8) is 0 Å². The summed E-state index contributed by atoms with van der Waals surface area (Å²) < 4.78 is 41.6. The van der Waals surface area contributed by atoms with Crippen LogP contribution in [0.3, 0.4) is 0 Å². The van der Waals surface area contributed by atoms with E-state index < -0.39 is 10.0 Å². The number of fused-ring (bicyclic) bond motifs is 1. The molecule has 2 heterocycles. The molecule has 0 radical (unpaired) electrons. The summed E-state index contributed by atoms with van der Waals surface area (Å²) in [7, 11) is -3.53. The third-order valence-corrected chi connectivity index (χ3v) is 8.71. The average Bonchev–Trinajstić information content (AvgIpc) is 3.17. The molecule has 1 aliphatic heterocycles. The summed E-state index contributed by atoms with van der Waals surface area (Å²) >= 11 is 1.80. The van der Waals surface area contributed by atoms with Gasteiger partial charge >= 0.3 is 0 Å². The lowest BCUT2D eigenvalue weighted by atomic mass is 9.85. The Morgan fingerprint density at radius 2 is 2.13 bits per heavy atom. The zero-order valence-corrected chi connectivity index (χ0v) is 19.4. The van der Waals surface area contributed by atoms with Gasteiger partial charge in [-0.25, -0.2) is 17.5 Å². The van der Waals surface area contributed by atoms with Crippen LogP contribution in [-0.4, -0.2) is 30.4 Å². The zero-order valence-electron chi connectivity index (χ0n) is 17.8. The normalized spacial score (nSPS) is 21.3. The number of H-pyrrole nitrogens is 1. The molecule has 0 amide bonds. The van der Waals surface area contributed by atoms with E-state index in [1.165, 1.54) is 30.7 Å². The van der Waals surface area contributed by atoms with Gasteiger partial charge in [-0.05, 0) is 55.9 Å². The molecule has 0 bridgehead atoms. The highest BCUT2D eigenvalue weighted by Crippen LogP contribution is 2.36. The highest BCUT2D eigenvalue weighted by atomic mass is 32.2. The lowest BCUT2D eigenvalue weighted by molar-refractivity contribution is 0.303. The quantitative estimate of drug-likeness (QED) is 0.607. The first-order valence-corrected chi connectivity index (χ1v) is 13.7. The van der Waals surface area contributed by atoms with E-state index in [1.807, 2.05) is 13.0 Å². The molecule has 0 saturated heterocycles. The van der Waals surface area contributed by atoms with Crippen molar-refractivity contribution < 1.29 is 12.8 Å². The molecule has 4 rings (SSSR count). The summed E-state index contributed by atoms with van der Waals surface area (Å²) in [5.41, 5.74) is 3.70. The van der Waals surface area contributed by atoms with Crippen LogP contribution in [0.15, 0.2) is 29.7 Å². The molecule has 1 unspecified atom stereocenters. The summed E-state index contributed by atoms with van der Waals surface area (Å²) in [6.45, 7) is 1.96. The Hall–Kier alpha value is -1.64. The lowest BCUT2D eigenvalue weighted by Crippen LogP contribution is -2.37. The van der Waals surface area contributed by atoms with Crippen LogP contribution in [0, 0.1) is 11.7 Å². The van der Waals surface area contributed by atoms with Crippen LogP contribution in [0.25, 0.3) is 6.08 Å². The van der Waals surface area contributed by atoms with Crippen molar-refractivity contribution in [2.75, 3.05) is 5.75 Å². The van der Waals surface area contributed by atoms with E-state index in [0.29, 0.717) is 11.6 Å². The lowest BCUT2D eigenvalue weighted by Gasteiger charge is -2.27. The number of aromatic nitrogens is 2. The highest BCUT2D eigenvalue weighted by Gasteiger charge is 2.26. The Bertz CT molecular complexity index is 1030. The van der Waals surface area contributed by atoms with Gasteiger partial charge in [0.1, 0.15) is 5.82 Å². The fourth-order valence-electron chi connectivity index (χ4n) is 4.70. The second-order valence-corrected chi connectivity index (χ2v) is 11.3. The van der Waals surface area contributed by atoms with Crippen LogP contribution in [0.5, 0.6) is 0 Å². The monoisotopic (exact) mass is 463 g/mol. The topological polar surface area (TPSA) is 74.8 Å². The van der Waals surface area contributed by atoms with Crippen LogP contribution in [0.2, 0.25) is 0 Å². The van der Waals surface area contributed by atoms with Crippen molar-refractivity contribution >= 4 is 27.9 Å². The Morgan fingerprint density at radius 1 is 1.32 bits per heavy atom. The fraction of sp³-hybridized carbons (Fsp3) is 0.522. The van der Waals surface area contributed by atoms with Crippen LogP contribution < -0.4 is 4.72 Å². The first kappa shape index (κ1) is 22.6. The number of hydrogen-bond donors (Lipinski definition) is 2. The molecule has 2 aromatic rings. The van der Waals surface area contributed by atoms with Crippen molar-refractivity contribution in [1.29, 1.82) is 0 Å². The maximum absolute atomic E-state index is 13.5. The van der Waals surface area contributed by atoms with Crippen LogP contribution in [0.1, 0.15) is 67.5 Å². The molecule has 1 aromatic carbocycles. The van der Waals surface area contributed by atoms with E-state index in [4.69, 9.17) is 0 Å². The van der Waals surface area contributed by atoms with Crippen LogP contribution >= 0.6 is 11.8 Å². The van der Waals surface area contributed by atoms with E-state index in [-0.39, 0.29) is 17.8 Å². The minimum Gasteiger partial charge on any atom is -0.281 e. The predicted octanol–water partition coefficient (Wildman–Crippen LogP) is 4.98. The molecule has 168 valence electrons. The van der Waals surface area contributed by atoms with Gasteiger partial charge in [0.05, 0.1) is 5.69 Å². The number of nitrogens with zero attached hydrogens (tertiary/aromatic N) is 1. The minimum absolute atomic E-state index is 0.0609. The second-order valence-electron chi connectivity index (χ2n) is 8.70. The molecule has 2 N–H and O–H groups in total. The fourth-order valence-corrected chi connectivity index (χ4v) is 6.99. The Kier molecular flexibility index (Phi) is 7.19. The smallest absolute Gasteiger partial charge is 0.234 e. The SMILES string of the molecule is C[C@@H](NS(=O)(=O)C=Cc1n[nH]c2c1CSCC2Cc1cccc(F)c1)C1CCCCC1. The van der Waals surface area contributed by atoms with Crippen LogP contribution in [-0.2, 0) is 22.2 Å². The van der Waals surface area contributed by atoms with E-state index in [2.05, 4.69) is 14.9 Å². The van der Waals surface area contributed by atoms with Crippen molar-refractivity contribution in [3.8, 4) is 0 Å². The number of benzene rings is 1. The number of sulfonamides is 1. The van der Waals surface area contributed by atoms with E-state index in [0.717, 1.165) is 47.6 Å². The zero-order chi connectivity index (χ0) is 21.8. The number of halogens is 1. The van der Waals surface area contributed by atoms with E-state index >= 15 is 0 Å². The molecule has 2 atom stereocenters. The molecule has 1 aromatic heterocycles. The maximum atomic E-state index is 13.5. The van der Waals surface area contributed by atoms with Gasteiger partial charge in [0.15, 0.2) is 0 Å². The van der Waals surface area contributed by atoms with Crippen molar-refractivity contribution in [3.05, 3.63) is 58.0 Å². The maximum Gasteiger partial charge on any atom is 0.234 e. The van der Waals surface area contributed by atoms with Gasteiger partial charge < -0.3 is 0 Å². The second kappa shape index (κ2) is 9.88. The summed E-state index contributed by atoms with van der Waals surface area (Å²) in [6, 6.07) is 6.63. The molecule has 1 aliphatic carbocycles. The summed E-state index contributed by atoms with van der Waals surface area (Å²) in [5, 5.41) is 8.74. The molecule has 31 heavy (non-hydrogen) atoms. The third kappa shape index (κ3) is 5.79. The van der Waals surface area contributed by atoms with Gasteiger partial charge in [0.2, 0.25) is 10.0 Å². The van der Waals surface area contributed by atoms with Crippen molar-refractivity contribution in [2.45, 2.75) is 63.2 Å². The first-order chi connectivity index (χ1) is 14.9. The first-order valence-electron chi connectivity index (χ1n) is 11.0. The van der Waals surface area contributed by atoms with Gasteiger partial charge in [-0.3, -0.25) is 5.10 Å². The van der Waals surface area contributed by atoms with Gasteiger partial charge in [-0.15, -0.1) is 0 Å². The molecule has 5 nitrogen and oxygen atoms in total. The van der Waals surface area contributed by atoms with E-state index in [9.17, 15) is 12.8 Å². The Labute approximate surface area is 188 Å². The number of rotatable bonds is 7. The van der Waals surface area contributed by atoms with E-state index in [1.54, 1.807) is 30.0 Å². The number of hydrogen-bond acceptors (Lipinski definition) is 4. The molecular formula is C23H30FN3O2S2. The largest absolute Gasteiger partial charge is 0.281 e. The van der Waals surface area contributed by atoms with Gasteiger partial charge in [-0.1, -0.05) is 31.4 Å². The average molecular weight is 464 g/mol. The third-order valence-electron chi connectivity index (χ3n) is 6.39. The Balaban J connectivity index is 1.45. The molecule has 1 fully saturated rings. The molecule has 2 aliphatic rings. The molecule has 0 spiro atoms. The van der Waals surface area contributed by atoms with Crippen molar-refractivity contribution in [2.24, 2.45) is 5.92 Å². The number of thioether (sulfide) groups is 1. The highest BCUT2D eigenvalue weighted by molar-refractivity contribution is 7.98. The molecule has 1 saturated carbocycles. The van der Waals surface area contributed by atoms with Gasteiger partial charge in [0.25, 0.3) is 0 Å². The summed E-state index contributed by atoms with van der Waals surface area (Å²) in [6.07, 6.45) is 8.10. The standard InChI is InChI=1S/C23H30FN3O2S2/c1-16(18-7-3-2-4-8-18)27-31(28,29)11-10-22-21-15-30-14-19(23(21)26-25-22)12-17-6-5-9-20(24)13-17/h5-6,9-11,13,16,18-19,27H,2-4,7-8,12,14-15H2,1H3,(H,25,26)/t16-,19?/m1/s1. The Morgan fingerprint density at radius 3 is 2.90 bits per heavy atom. The minimum atomic E-state index is -3.53. The predicted molar refractivity (Wildman–Crippen MR) is 125 cm³/mol.